The first-order valence-electron chi connectivity index (χ1n) is 10.1. The van der Waals surface area contributed by atoms with Crippen LogP contribution in [0.15, 0.2) is 52.9 Å². The van der Waals surface area contributed by atoms with Crippen molar-refractivity contribution in [2.45, 2.75) is 50.5 Å². The summed E-state index contributed by atoms with van der Waals surface area (Å²) in [6.45, 7) is 2.51. The molecule has 1 aromatic heterocycles. The zero-order valence-electron chi connectivity index (χ0n) is 17.0. The minimum atomic E-state index is -2.64. The molecule has 1 aliphatic rings. The SMILES string of the molecule is Cc1oc2ccc([C@@H]3C[C@H]3c3ccccc3)cc2c1C(=O)NC(C)(CO)CC(F)F. The second-order valence-corrected chi connectivity index (χ2v) is 8.42. The van der Waals surface area contributed by atoms with Crippen LogP contribution in [0.1, 0.15) is 58.8 Å². The normalized spacial score (nSPS) is 20.3. The average Bonchev–Trinajstić information content (AvgIpc) is 3.43. The predicted molar refractivity (Wildman–Crippen MR) is 111 cm³/mol. The monoisotopic (exact) mass is 413 g/mol. The summed E-state index contributed by atoms with van der Waals surface area (Å²) in [6, 6.07) is 16.2. The fraction of sp³-hybridized carbons (Fsp3) is 0.375. The van der Waals surface area contributed by atoms with Gasteiger partial charge in [0.15, 0.2) is 0 Å². The van der Waals surface area contributed by atoms with Crippen LogP contribution in [0.2, 0.25) is 0 Å². The number of carbonyl (C=O) groups is 1. The molecule has 0 spiro atoms. The third kappa shape index (κ3) is 3.97. The van der Waals surface area contributed by atoms with E-state index in [0.29, 0.717) is 34.1 Å². The molecule has 0 bridgehead atoms. The van der Waals surface area contributed by atoms with E-state index in [4.69, 9.17) is 4.42 Å². The lowest BCUT2D eigenvalue weighted by Gasteiger charge is -2.28. The molecular formula is C24H25F2NO3. The van der Waals surface area contributed by atoms with E-state index < -0.39 is 30.9 Å². The maximum Gasteiger partial charge on any atom is 0.255 e. The predicted octanol–water partition coefficient (Wildman–Crippen LogP) is 5.15. The summed E-state index contributed by atoms with van der Waals surface area (Å²) in [5, 5.41) is 12.8. The Bertz CT molecular complexity index is 1060. The van der Waals surface area contributed by atoms with Crippen LogP contribution in [0.25, 0.3) is 11.0 Å². The van der Waals surface area contributed by atoms with E-state index in [1.54, 1.807) is 6.92 Å². The van der Waals surface area contributed by atoms with E-state index in [1.165, 1.54) is 12.5 Å². The number of nitrogens with one attached hydrogen (secondary N) is 1. The summed E-state index contributed by atoms with van der Waals surface area (Å²) in [7, 11) is 0. The molecule has 4 rings (SSSR count). The number of furan rings is 1. The molecule has 0 radical (unpaired) electrons. The zero-order chi connectivity index (χ0) is 21.5. The minimum absolute atomic E-state index is 0.331. The van der Waals surface area contributed by atoms with Gasteiger partial charge in [-0.3, -0.25) is 4.79 Å². The number of aliphatic hydroxyl groups excluding tert-OH is 1. The summed E-state index contributed by atoms with van der Waals surface area (Å²) in [6.07, 6.45) is -2.22. The standard InChI is InChI=1S/C24H25F2NO3/c1-14-22(23(29)27-24(2,13-28)12-21(25)26)19-10-16(8-9-20(19)30-14)18-11-17(18)15-6-4-3-5-7-15/h3-10,17-18,21,28H,11-13H2,1-2H3,(H,27,29)/t17-,18-,24?/m0/s1. The molecule has 1 amide bonds. The number of hydrogen-bond acceptors (Lipinski definition) is 3. The number of aliphatic hydroxyl groups is 1. The van der Waals surface area contributed by atoms with Crippen LogP contribution in [0.3, 0.4) is 0 Å². The summed E-state index contributed by atoms with van der Waals surface area (Å²) in [5.41, 5.74) is 1.93. The second-order valence-electron chi connectivity index (χ2n) is 8.42. The second kappa shape index (κ2) is 7.84. The number of benzene rings is 2. The molecule has 158 valence electrons. The third-order valence-electron chi connectivity index (χ3n) is 5.93. The van der Waals surface area contributed by atoms with Crippen molar-refractivity contribution < 1.29 is 23.1 Å². The van der Waals surface area contributed by atoms with Gasteiger partial charge in [0.05, 0.1) is 17.7 Å². The van der Waals surface area contributed by atoms with E-state index in [2.05, 4.69) is 17.4 Å². The van der Waals surface area contributed by atoms with Crippen LogP contribution < -0.4 is 5.32 Å². The Morgan fingerprint density at radius 1 is 1.20 bits per heavy atom. The molecule has 2 N–H and O–H groups in total. The molecule has 2 aromatic carbocycles. The molecule has 0 aliphatic heterocycles. The first kappa shape index (κ1) is 20.5. The van der Waals surface area contributed by atoms with Gasteiger partial charge in [-0.25, -0.2) is 8.78 Å². The van der Waals surface area contributed by atoms with Gasteiger partial charge in [0.25, 0.3) is 5.91 Å². The Hall–Kier alpha value is -2.73. The Morgan fingerprint density at radius 2 is 1.90 bits per heavy atom. The molecule has 1 fully saturated rings. The molecule has 1 saturated carbocycles. The van der Waals surface area contributed by atoms with Gasteiger partial charge in [-0.05, 0) is 55.4 Å². The van der Waals surface area contributed by atoms with Crippen LogP contribution in [0.4, 0.5) is 8.78 Å². The lowest BCUT2D eigenvalue weighted by atomic mass is 9.97. The number of rotatable bonds is 7. The molecule has 6 heteroatoms. The fourth-order valence-electron chi connectivity index (χ4n) is 4.21. The quantitative estimate of drug-likeness (QED) is 0.563. The van der Waals surface area contributed by atoms with Gasteiger partial charge in [0.2, 0.25) is 6.43 Å². The number of fused-ring (bicyclic) bond motifs is 1. The summed E-state index contributed by atoms with van der Waals surface area (Å²) < 4.78 is 31.5. The molecule has 1 heterocycles. The molecule has 3 aromatic rings. The topological polar surface area (TPSA) is 62.5 Å². The highest BCUT2D eigenvalue weighted by molar-refractivity contribution is 6.07. The molecule has 0 saturated heterocycles. The number of carbonyl (C=O) groups excluding carboxylic acids is 1. The third-order valence-corrected chi connectivity index (χ3v) is 5.93. The molecule has 4 nitrogen and oxygen atoms in total. The van der Waals surface area contributed by atoms with Crippen molar-refractivity contribution in [3.05, 3.63) is 71.0 Å². The molecule has 3 atom stereocenters. The van der Waals surface area contributed by atoms with Crippen LogP contribution in [-0.4, -0.2) is 29.6 Å². The number of halogens is 2. The molecular weight excluding hydrogens is 388 g/mol. The first-order chi connectivity index (χ1) is 14.3. The van der Waals surface area contributed by atoms with Gasteiger partial charge in [-0.2, -0.15) is 0 Å². The highest BCUT2D eigenvalue weighted by atomic mass is 19.3. The van der Waals surface area contributed by atoms with Crippen LogP contribution >= 0.6 is 0 Å². The summed E-state index contributed by atoms with van der Waals surface area (Å²) >= 11 is 0. The summed E-state index contributed by atoms with van der Waals surface area (Å²) in [5.74, 6) is 0.741. The van der Waals surface area contributed by atoms with Gasteiger partial charge in [-0.15, -0.1) is 0 Å². The largest absolute Gasteiger partial charge is 0.461 e. The molecule has 30 heavy (non-hydrogen) atoms. The van der Waals surface area contributed by atoms with Crippen molar-refractivity contribution in [3.8, 4) is 0 Å². The van der Waals surface area contributed by atoms with E-state index in [1.807, 2.05) is 36.4 Å². The number of aryl methyl sites for hydroxylation is 1. The molecule has 1 unspecified atom stereocenters. The highest BCUT2D eigenvalue weighted by Gasteiger charge is 2.39. The van der Waals surface area contributed by atoms with Crippen molar-refractivity contribution in [2.75, 3.05) is 6.61 Å². The van der Waals surface area contributed by atoms with Crippen LogP contribution in [-0.2, 0) is 0 Å². The highest BCUT2D eigenvalue weighted by Crippen LogP contribution is 2.55. The van der Waals surface area contributed by atoms with E-state index >= 15 is 0 Å². The minimum Gasteiger partial charge on any atom is -0.461 e. The number of amides is 1. The van der Waals surface area contributed by atoms with Crippen molar-refractivity contribution in [3.63, 3.8) is 0 Å². The Morgan fingerprint density at radius 3 is 2.57 bits per heavy atom. The van der Waals surface area contributed by atoms with Crippen LogP contribution in [0, 0.1) is 6.92 Å². The Balaban J connectivity index is 1.62. The first-order valence-corrected chi connectivity index (χ1v) is 10.1. The van der Waals surface area contributed by atoms with E-state index in [9.17, 15) is 18.7 Å². The number of hydrogen-bond donors (Lipinski definition) is 2. The van der Waals surface area contributed by atoms with Gasteiger partial charge >= 0.3 is 0 Å². The zero-order valence-corrected chi connectivity index (χ0v) is 17.0. The lowest BCUT2D eigenvalue weighted by molar-refractivity contribution is 0.0586. The van der Waals surface area contributed by atoms with Crippen molar-refractivity contribution >= 4 is 16.9 Å². The molecule has 1 aliphatic carbocycles. The Kier molecular flexibility index (Phi) is 5.36. The van der Waals surface area contributed by atoms with E-state index in [-0.39, 0.29) is 0 Å². The van der Waals surface area contributed by atoms with Gasteiger partial charge in [-0.1, -0.05) is 36.4 Å². The summed E-state index contributed by atoms with van der Waals surface area (Å²) in [4.78, 5) is 13.0. The fourth-order valence-corrected chi connectivity index (χ4v) is 4.21. The van der Waals surface area contributed by atoms with Crippen molar-refractivity contribution in [2.24, 2.45) is 0 Å². The van der Waals surface area contributed by atoms with Crippen LogP contribution in [0.5, 0.6) is 0 Å². The van der Waals surface area contributed by atoms with Crippen molar-refractivity contribution in [1.82, 2.24) is 5.32 Å². The van der Waals surface area contributed by atoms with E-state index in [0.717, 1.165) is 12.0 Å². The van der Waals surface area contributed by atoms with Crippen molar-refractivity contribution in [1.29, 1.82) is 0 Å². The lowest BCUT2D eigenvalue weighted by Crippen LogP contribution is -2.50. The maximum absolute atomic E-state index is 13.0. The average molecular weight is 413 g/mol. The maximum atomic E-state index is 13.0. The Labute approximate surface area is 173 Å². The van der Waals surface area contributed by atoms with Gasteiger partial charge < -0.3 is 14.8 Å². The number of alkyl halides is 2. The van der Waals surface area contributed by atoms with Gasteiger partial charge in [0.1, 0.15) is 11.3 Å². The van der Waals surface area contributed by atoms with Gasteiger partial charge in [0, 0.05) is 11.8 Å². The smallest absolute Gasteiger partial charge is 0.255 e.